The number of nitrogens with two attached hydrogens (primary N) is 1. The Balaban J connectivity index is 1.87. The van der Waals surface area contributed by atoms with Gasteiger partial charge in [0.15, 0.2) is 5.82 Å². The Morgan fingerprint density at radius 2 is 2.47 bits per heavy atom. The van der Waals surface area contributed by atoms with Crippen LogP contribution in [0.5, 0.6) is 0 Å². The van der Waals surface area contributed by atoms with Crippen molar-refractivity contribution in [3.63, 3.8) is 0 Å². The molecule has 2 rings (SSSR count). The van der Waals surface area contributed by atoms with Crippen LogP contribution in [0.4, 0.5) is 0 Å². The second-order valence-electron chi connectivity index (χ2n) is 4.14. The molecule has 0 unspecified atom stereocenters. The molecule has 0 saturated carbocycles. The summed E-state index contributed by atoms with van der Waals surface area (Å²) in [7, 11) is 0. The highest BCUT2D eigenvalue weighted by molar-refractivity contribution is 4.89. The molecule has 1 atom stereocenters. The number of hydrogen-bond donors (Lipinski definition) is 1. The van der Waals surface area contributed by atoms with E-state index in [9.17, 15) is 0 Å². The topological polar surface area (TPSA) is 68.2 Å². The van der Waals surface area contributed by atoms with Crippen molar-refractivity contribution in [1.82, 2.24) is 15.0 Å². The fourth-order valence-electron chi connectivity index (χ4n) is 1.88. The van der Waals surface area contributed by atoms with Crippen LogP contribution in [0.3, 0.4) is 0 Å². The van der Waals surface area contributed by atoms with Crippen LogP contribution in [0.2, 0.25) is 0 Å². The van der Waals surface area contributed by atoms with E-state index < -0.39 is 0 Å². The molecular weight excluding hydrogens is 192 g/mol. The van der Waals surface area contributed by atoms with E-state index in [1.807, 2.05) is 0 Å². The summed E-state index contributed by atoms with van der Waals surface area (Å²) in [5.74, 6) is 1.53. The van der Waals surface area contributed by atoms with E-state index in [1.54, 1.807) is 0 Å². The van der Waals surface area contributed by atoms with Gasteiger partial charge >= 0.3 is 0 Å². The van der Waals surface area contributed by atoms with E-state index in [0.29, 0.717) is 6.04 Å². The molecule has 0 amide bonds. The van der Waals surface area contributed by atoms with Crippen molar-refractivity contribution in [2.45, 2.75) is 38.8 Å². The Kier molecular flexibility index (Phi) is 3.33. The SMILES string of the molecule is CCCc1nc(CN2CC[C@@H](N)C2)no1. The third-order valence-electron chi connectivity index (χ3n) is 2.65. The standard InChI is InChI=1S/C10H18N4O/c1-2-3-10-12-9(13-15-10)7-14-5-4-8(11)6-14/h8H,2-7,11H2,1H3/t8-/m1/s1. The Bertz CT molecular complexity index is 312. The first kappa shape index (κ1) is 10.6. The molecule has 1 fully saturated rings. The van der Waals surface area contributed by atoms with Crippen molar-refractivity contribution in [3.05, 3.63) is 11.7 Å². The largest absolute Gasteiger partial charge is 0.339 e. The van der Waals surface area contributed by atoms with Gasteiger partial charge in [0.05, 0.1) is 6.54 Å². The molecule has 1 aliphatic rings. The van der Waals surface area contributed by atoms with Crippen molar-refractivity contribution < 1.29 is 4.52 Å². The number of rotatable bonds is 4. The molecule has 0 radical (unpaired) electrons. The average molecular weight is 210 g/mol. The lowest BCUT2D eigenvalue weighted by Gasteiger charge is -2.11. The fourth-order valence-corrected chi connectivity index (χ4v) is 1.88. The number of likely N-dealkylation sites (tertiary alicyclic amines) is 1. The zero-order chi connectivity index (χ0) is 10.7. The van der Waals surface area contributed by atoms with E-state index in [4.69, 9.17) is 10.3 Å². The highest BCUT2D eigenvalue weighted by Crippen LogP contribution is 2.10. The Hall–Kier alpha value is -0.940. The summed E-state index contributed by atoms with van der Waals surface area (Å²) in [5, 5.41) is 3.95. The van der Waals surface area contributed by atoms with Gasteiger partial charge in [0.25, 0.3) is 0 Å². The summed E-state index contributed by atoms with van der Waals surface area (Å²) in [6, 6.07) is 0.312. The zero-order valence-corrected chi connectivity index (χ0v) is 9.15. The normalized spacial score (nSPS) is 22.4. The molecule has 5 nitrogen and oxygen atoms in total. The van der Waals surface area contributed by atoms with Crippen LogP contribution in [-0.2, 0) is 13.0 Å². The van der Waals surface area contributed by atoms with Gasteiger partial charge in [0, 0.05) is 25.6 Å². The first-order valence-electron chi connectivity index (χ1n) is 5.57. The highest BCUT2D eigenvalue weighted by atomic mass is 16.5. The van der Waals surface area contributed by atoms with E-state index in [-0.39, 0.29) is 0 Å². The maximum absolute atomic E-state index is 5.83. The Morgan fingerprint density at radius 1 is 1.60 bits per heavy atom. The third kappa shape index (κ3) is 2.76. The molecule has 1 aromatic rings. The predicted molar refractivity (Wildman–Crippen MR) is 56.2 cm³/mol. The van der Waals surface area contributed by atoms with E-state index >= 15 is 0 Å². The maximum Gasteiger partial charge on any atom is 0.226 e. The molecule has 84 valence electrons. The molecular formula is C10H18N4O. The van der Waals surface area contributed by atoms with Crippen LogP contribution in [-0.4, -0.2) is 34.2 Å². The van der Waals surface area contributed by atoms with Crippen molar-refractivity contribution in [2.75, 3.05) is 13.1 Å². The first-order valence-corrected chi connectivity index (χ1v) is 5.57. The first-order chi connectivity index (χ1) is 7.28. The number of hydrogen-bond acceptors (Lipinski definition) is 5. The second kappa shape index (κ2) is 4.72. The molecule has 2 N–H and O–H groups in total. The molecule has 1 saturated heterocycles. The Morgan fingerprint density at radius 3 is 3.13 bits per heavy atom. The van der Waals surface area contributed by atoms with Crippen LogP contribution >= 0.6 is 0 Å². The van der Waals surface area contributed by atoms with Gasteiger partial charge in [-0.1, -0.05) is 12.1 Å². The lowest BCUT2D eigenvalue weighted by atomic mass is 10.3. The summed E-state index contributed by atoms with van der Waals surface area (Å²) >= 11 is 0. The molecule has 0 bridgehead atoms. The van der Waals surface area contributed by atoms with Gasteiger partial charge in [0.1, 0.15) is 0 Å². The highest BCUT2D eigenvalue weighted by Gasteiger charge is 2.20. The number of aromatic nitrogens is 2. The molecule has 5 heteroatoms. The monoisotopic (exact) mass is 210 g/mol. The molecule has 1 aliphatic heterocycles. The predicted octanol–water partition coefficient (Wildman–Crippen LogP) is 0.555. The zero-order valence-electron chi connectivity index (χ0n) is 9.15. The van der Waals surface area contributed by atoms with Crippen molar-refractivity contribution in [2.24, 2.45) is 5.73 Å². The molecule has 0 spiro atoms. The summed E-state index contributed by atoms with van der Waals surface area (Å²) in [4.78, 5) is 6.60. The maximum atomic E-state index is 5.83. The molecule has 15 heavy (non-hydrogen) atoms. The van der Waals surface area contributed by atoms with Gasteiger partial charge in [-0.15, -0.1) is 0 Å². The molecule has 1 aromatic heterocycles. The minimum atomic E-state index is 0.312. The van der Waals surface area contributed by atoms with Crippen molar-refractivity contribution >= 4 is 0 Å². The van der Waals surface area contributed by atoms with E-state index in [2.05, 4.69) is 22.0 Å². The van der Waals surface area contributed by atoms with E-state index in [0.717, 1.165) is 50.6 Å². The number of aryl methyl sites for hydroxylation is 1. The van der Waals surface area contributed by atoms with E-state index in [1.165, 1.54) is 0 Å². The smallest absolute Gasteiger partial charge is 0.226 e. The van der Waals surface area contributed by atoms with Gasteiger partial charge in [0.2, 0.25) is 5.89 Å². The minimum absolute atomic E-state index is 0.312. The summed E-state index contributed by atoms with van der Waals surface area (Å²) in [6.07, 6.45) is 2.97. The average Bonchev–Trinajstić information content (AvgIpc) is 2.78. The van der Waals surface area contributed by atoms with Crippen LogP contribution in [0.25, 0.3) is 0 Å². The van der Waals surface area contributed by atoms with Crippen molar-refractivity contribution in [3.8, 4) is 0 Å². The summed E-state index contributed by atoms with van der Waals surface area (Å²) in [6.45, 7) is 4.85. The van der Waals surface area contributed by atoms with Crippen LogP contribution in [0, 0.1) is 0 Å². The minimum Gasteiger partial charge on any atom is -0.339 e. The number of nitrogens with zero attached hydrogens (tertiary/aromatic N) is 3. The Labute approximate surface area is 89.6 Å². The van der Waals surface area contributed by atoms with Gasteiger partial charge in [-0.25, -0.2) is 0 Å². The lowest BCUT2D eigenvalue weighted by Crippen LogP contribution is -2.26. The summed E-state index contributed by atoms with van der Waals surface area (Å²) < 4.78 is 5.12. The quantitative estimate of drug-likeness (QED) is 0.786. The van der Waals surface area contributed by atoms with Gasteiger partial charge < -0.3 is 10.3 Å². The third-order valence-corrected chi connectivity index (χ3v) is 2.65. The van der Waals surface area contributed by atoms with Crippen LogP contribution in [0.1, 0.15) is 31.5 Å². The van der Waals surface area contributed by atoms with Crippen LogP contribution in [0.15, 0.2) is 4.52 Å². The molecule has 2 heterocycles. The lowest BCUT2D eigenvalue weighted by molar-refractivity contribution is 0.306. The summed E-state index contributed by atoms with van der Waals surface area (Å²) in [5.41, 5.74) is 5.83. The molecule has 0 aliphatic carbocycles. The second-order valence-corrected chi connectivity index (χ2v) is 4.14. The van der Waals surface area contributed by atoms with Crippen molar-refractivity contribution in [1.29, 1.82) is 0 Å². The fraction of sp³-hybridized carbons (Fsp3) is 0.800. The van der Waals surface area contributed by atoms with Gasteiger partial charge in [-0.05, 0) is 12.8 Å². The van der Waals surface area contributed by atoms with Gasteiger partial charge in [-0.2, -0.15) is 4.98 Å². The molecule has 0 aromatic carbocycles. The van der Waals surface area contributed by atoms with Crippen LogP contribution < -0.4 is 5.73 Å². The van der Waals surface area contributed by atoms with Gasteiger partial charge in [-0.3, -0.25) is 4.90 Å².